The molecule has 100 valence electrons. The highest BCUT2D eigenvalue weighted by atomic mass is 32.2. The fourth-order valence-electron chi connectivity index (χ4n) is 2.93. The molecule has 0 bridgehead atoms. The molecule has 1 aliphatic heterocycles. The summed E-state index contributed by atoms with van der Waals surface area (Å²) in [5, 5.41) is 3.14. The predicted octanol–water partition coefficient (Wildman–Crippen LogP) is 1.24. The zero-order chi connectivity index (χ0) is 12.3. The monoisotopic (exact) mass is 260 g/mol. The molecule has 2 aliphatic rings. The normalized spacial score (nSPS) is 29.4. The van der Waals surface area contributed by atoms with Gasteiger partial charge in [0.15, 0.2) is 0 Å². The fourth-order valence-corrected chi connectivity index (χ4v) is 4.79. The Morgan fingerprint density at radius 2 is 1.88 bits per heavy atom. The van der Waals surface area contributed by atoms with Crippen molar-refractivity contribution in [1.82, 2.24) is 10.0 Å². The maximum Gasteiger partial charge on any atom is 0.214 e. The molecule has 0 spiro atoms. The maximum absolute atomic E-state index is 12.2. The van der Waals surface area contributed by atoms with Crippen molar-refractivity contribution < 1.29 is 8.42 Å². The van der Waals surface area contributed by atoms with Crippen molar-refractivity contribution in [2.24, 2.45) is 5.92 Å². The summed E-state index contributed by atoms with van der Waals surface area (Å²) in [7, 11) is -3.10. The highest BCUT2D eigenvalue weighted by Crippen LogP contribution is 2.24. The van der Waals surface area contributed by atoms with E-state index in [4.69, 9.17) is 0 Å². The van der Waals surface area contributed by atoms with Crippen LogP contribution in [0.15, 0.2) is 0 Å². The summed E-state index contributed by atoms with van der Waals surface area (Å²) in [5.41, 5.74) is 0. The molecule has 1 heterocycles. The van der Waals surface area contributed by atoms with Crippen LogP contribution in [0.2, 0.25) is 0 Å². The lowest BCUT2D eigenvalue weighted by atomic mass is 10.0. The molecule has 1 saturated heterocycles. The van der Waals surface area contributed by atoms with Gasteiger partial charge in [-0.2, -0.15) is 0 Å². The number of hydrogen-bond donors (Lipinski definition) is 2. The summed E-state index contributed by atoms with van der Waals surface area (Å²) < 4.78 is 27.3. The number of sulfonamides is 1. The second-order valence-electron chi connectivity index (χ2n) is 5.46. The van der Waals surface area contributed by atoms with E-state index in [1.807, 2.05) is 6.92 Å². The highest BCUT2D eigenvalue weighted by Gasteiger charge is 2.31. The Balaban J connectivity index is 1.91. The standard InChI is InChI=1S/C12H24N2O2S/c1-10(11-7-8-13-9-11)14-17(15,16)12-5-3-2-4-6-12/h10-14H,2-9H2,1H3. The third-order valence-electron chi connectivity index (χ3n) is 4.15. The predicted molar refractivity (Wildman–Crippen MR) is 69.4 cm³/mol. The third-order valence-corrected chi connectivity index (χ3v) is 6.20. The molecule has 0 amide bonds. The average molecular weight is 260 g/mol. The first kappa shape index (κ1) is 13.3. The minimum absolute atomic E-state index is 0.0666. The molecule has 5 heteroatoms. The lowest BCUT2D eigenvalue weighted by Crippen LogP contribution is -2.44. The first-order valence-corrected chi connectivity index (χ1v) is 8.36. The van der Waals surface area contributed by atoms with E-state index in [-0.39, 0.29) is 11.3 Å². The maximum atomic E-state index is 12.2. The summed E-state index contributed by atoms with van der Waals surface area (Å²) in [5.74, 6) is 0.452. The Kier molecular flexibility index (Phi) is 4.44. The zero-order valence-electron chi connectivity index (χ0n) is 10.6. The molecular formula is C12H24N2O2S. The second-order valence-corrected chi connectivity index (χ2v) is 7.46. The van der Waals surface area contributed by atoms with E-state index in [0.717, 1.165) is 45.2 Å². The molecule has 1 saturated carbocycles. The van der Waals surface area contributed by atoms with Gasteiger partial charge >= 0.3 is 0 Å². The molecular weight excluding hydrogens is 236 g/mol. The van der Waals surface area contributed by atoms with Crippen molar-refractivity contribution in [2.45, 2.75) is 56.7 Å². The van der Waals surface area contributed by atoms with Gasteiger partial charge in [0.25, 0.3) is 0 Å². The van der Waals surface area contributed by atoms with E-state index < -0.39 is 10.0 Å². The van der Waals surface area contributed by atoms with Crippen LogP contribution in [0.4, 0.5) is 0 Å². The minimum Gasteiger partial charge on any atom is -0.316 e. The molecule has 0 aromatic heterocycles. The summed E-state index contributed by atoms with van der Waals surface area (Å²) in [6.07, 6.45) is 6.06. The van der Waals surface area contributed by atoms with Crippen LogP contribution in [0.5, 0.6) is 0 Å². The van der Waals surface area contributed by atoms with Crippen molar-refractivity contribution in [3.05, 3.63) is 0 Å². The topological polar surface area (TPSA) is 58.2 Å². The summed E-state index contributed by atoms with van der Waals surface area (Å²) in [6.45, 7) is 3.95. The van der Waals surface area contributed by atoms with Gasteiger partial charge in [-0.05, 0) is 45.2 Å². The van der Waals surface area contributed by atoms with E-state index in [1.165, 1.54) is 6.42 Å². The molecule has 2 atom stereocenters. The Hall–Kier alpha value is -0.130. The van der Waals surface area contributed by atoms with E-state index >= 15 is 0 Å². The quantitative estimate of drug-likeness (QED) is 0.799. The molecule has 4 nitrogen and oxygen atoms in total. The van der Waals surface area contributed by atoms with Gasteiger partial charge in [0.1, 0.15) is 0 Å². The first-order valence-electron chi connectivity index (χ1n) is 6.81. The molecule has 0 aromatic carbocycles. The van der Waals surface area contributed by atoms with E-state index in [1.54, 1.807) is 0 Å². The van der Waals surface area contributed by atoms with E-state index in [9.17, 15) is 8.42 Å². The van der Waals surface area contributed by atoms with Gasteiger partial charge in [0.2, 0.25) is 10.0 Å². The van der Waals surface area contributed by atoms with Crippen LogP contribution in [0.1, 0.15) is 45.4 Å². The van der Waals surface area contributed by atoms with Crippen molar-refractivity contribution in [2.75, 3.05) is 13.1 Å². The Morgan fingerprint density at radius 3 is 2.47 bits per heavy atom. The summed E-state index contributed by atoms with van der Waals surface area (Å²) in [4.78, 5) is 0. The molecule has 17 heavy (non-hydrogen) atoms. The second kappa shape index (κ2) is 5.67. The Bertz CT molecular complexity index is 330. The largest absolute Gasteiger partial charge is 0.316 e. The SMILES string of the molecule is CC(NS(=O)(=O)C1CCCCC1)C1CCNC1. The minimum atomic E-state index is -3.10. The van der Waals surface area contributed by atoms with Crippen molar-refractivity contribution in [3.8, 4) is 0 Å². The number of nitrogens with one attached hydrogen (secondary N) is 2. The third kappa shape index (κ3) is 3.42. The van der Waals surface area contributed by atoms with Crippen LogP contribution in [0, 0.1) is 5.92 Å². The highest BCUT2D eigenvalue weighted by molar-refractivity contribution is 7.90. The van der Waals surface area contributed by atoms with Gasteiger partial charge in [-0.1, -0.05) is 19.3 Å². The van der Waals surface area contributed by atoms with E-state index in [2.05, 4.69) is 10.0 Å². The molecule has 2 fully saturated rings. The van der Waals surface area contributed by atoms with Crippen LogP contribution in [-0.4, -0.2) is 32.8 Å². The Labute approximate surface area is 105 Å². The van der Waals surface area contributed by atoms with Crippen LogP contribution in [0.25, 0.3) is 0 Å². The van der Waals surface area contributed by atoms with Gasteiger partial charge in [-0.15, -0.1) is 0 Å². The van der Waals surface area contributed by atoms with Gasteiger partial charge in [0.05, 0.1) is 5.25 Å². The lowest BCUT2D eigenvalue weighted by Gasteiger charge is -2.26. The molecule has 0 radical (unpaired) electrons. The molecule has 2 rings (SSSR count). The van der Waals surface area contributed by atoms with Crippen molar-refractivity contribution >= 4 is 10.0 Å². The van der Waals surface area contributed by atoms with Crippen LogP contribution in [-0.2, 0) is 10.0 Å². The van der Waals surface area contributed by atoms with Gasteiger partial charge in [0, 0.05) is 6.04 Å². The summed E-state index contributed by atoms with van der Waals surface area (Å²) >= 11 is 0. The van der Waals surface area contributed by atoms with Crippen LogP contribution < -0.4 is 10.0 Å². The molecule has 0 aromatic rings. The Morgan fingerprint density at radius 1 is 1.18 bits per heavy atom. The average Bonchev–Trinajstić information content (AvgIpc) is 2.83. The lowest BCUT2D eigenvalue weighted by molar-refractivity contribution is 0.428. The number of rotatable bonds is 4. The molecule has 1 aliphatic carbocycles. The van der Waals surface area contributed by atoms with Crippen molar-refractivity contribution in [3.63, 3.8) is 0 Å². The van der Waals surface area contributed by atoms with Crippen molar-refractivity contribution in [1.29, 1.82) is 0 Å². The fraction of sp³-hybridized carbons (Fsp3) is 1.00. The van der Waals surface area contributed by atoms with Crippen LogP contribution >= 0.6 is 0 Å². The van der Waals surface area contributed by atoms with Crippen LogP contribution in [0.3, 0.4) is 0 Å². The molecule has 2 N–H and O–H groups in total. The number of hydrogen-bond acceptors (Lipinski definition) is 3. The summed E-state index contributed by atoms with van der Waals surface area (Å²) in [6, 6.07) is 0.0666. The van der Waals surface area contributed by atoms with E-state index in [0.29, 0.717) is 5.92 Å². The van der Waals surface area contributed by atoms with Gasteiger partial charge in [-0.25, -0.2) is 13.1 Å². The molecule has 2 unspecified atom stereocenters. The van der Waals surface area contributed by atoms with Gasteiger partial charge in [-0.3, -0.25) is 0 Å². The smallest absolute Gasteiger partial charge is 0.214 e. The zero-order valence-corrected chi connectivity index (χ0v) is 11.4. The van der Waals surface area contributed by atoms with Gasteiger partial charge < -0.3 is 5.32 Å². The first-order chi connectivity index (χ1) is 8.09.